The highest BCUT2D eigenvalue weighted by atomic mass is 79.9. The lowest BCUT2D eigenvalue weighted by atomic mass is 10.2. The van der Waals surface area contributed by atoms with Gasteiger partial charge in [0.1, 0.15) is 11.5 Å². The summed E-state index contributed by atoms with van der Waals surface area (Å²) in [5, 5.41) is 8.33. The molecule has 2 heterocycles. The minimum Gasteiger partial charge on any atom is -0.298 e. The van der Waals surface area contributed by atoms with E-state index in [0.717, 1.165) is 21.9 Å². The number of hydrogen-bond acceptors (Lipinski definition) is 3. The Morgan fingerprint density at radius 3 is 2.90 bits per heavy atom. The van der Waals surface area contributed by atoms with Crippen LogP contribution in [0.5, 0.6) is 0 Å². The highest BCUT2D eigenvalue weighted by molar-refractivity contribution is 9.10. The van der Waals surface area contributed by atoms with Gasteiger partial charge in [-0.3, -0.25) is 9.48 Å². The summed E-state index contributed by atoms with van der Waals surface area (Å²) in [5.41, 5.74) is 2.84. The van der Waals surface area contributed by atoms with Crippen molar-refractivity contribution in [3.63, 3.8) is 0 Å². The number of halogens is 2. The lowest BCUT2D eigenvalue weighted by Crippen LogP contribution is -2.00. The van der Waals surface area contributed by atoms with Gasteiger partial charge in [-0.2, -0.15) is 16.4 Å². The predicted molar refractivity (Wildman–Crippen MR) is 84.1 cm³/mol. The number of carbonyl (C=O) groups is 1. The number of thiophene rings is 1. The van der Waals surface area contributed by atoms with Gasteiger partial charge in [0.05, 0.1) is 12.1 Å². The minimum atomic E-state index is -0.281. The molecule has 0 saturated carbocycles. The van der Waals surface area contributed by atoms with Crippen molar-refractivity contribution in [2.45, 2.75) is 6.54 Å². The van der Waals surface area contributed by atoms with E-state index in [1.54, 1.807) is 16.9 Å². The highest BCUT2D eigenvalue weighted by Gasteiger charge is 2.14. The number of benzene rings is 1. The maximum atomic E-state index is 13.2. The van der Waals surface area contributed by atoms with Gasteiger partial charge in [-0.05, 0) is 33.6 Å². The van der Waals surface area contributed by atoms with Crippen LogP contribution in [0.2, 0.25) is 0 Å². The summed E-state index contributed by atoms with van der Waals surface area (Å²) in [5.74, 6) is -0.281. The van der Waals surface area contributed by atoms with Crippen LogP contribution in [0.1, 0.15) is 15.9 Å². The van der Waals surface area contributed by atoms with Crippen molar-refractivity contribution in [2.24, 2.45) is 0 Å². The number of carbonyl (C=O) groups excluding carboxylic acids is 1. The first kappa shape index (κ1) is 14.2. The topological polar surface area (TPSA) is 34.9 Å². The molecule has 3 rings (SSSR count). The summed E-state index contributed by atoms with van der Waals surface area (Å²) < 4.78 is 15.8. The van der Waals surface area contributed by atoms with Gasteiger partial charge in [0.15, 0.2) is 6.29 Å². The maximum Gasteiger partial charge on any atom is 0.153 e. The van der Waals surface area contributed by atoms with Crippen LogP contribution in [0, 0.1) is 5.82 Å². The molecule has 0 spiro atoms. The molecule has 0 amide bonds. The number of aldehydes is 1. The molecule has 0 unspecified atom stereocenters. The van der Waals surface area contributed by atoms with Crippen molar-refractivity contribution in [3.8, 4) is 11.3 Å². The number of hydrogen-bond donors (Lipinski definition) is 0. The molecule has 0 radical (unpaired) electrons. The van der Waals surface area contributed by atoms with E-state index in [2.05, 4.69) is 21.0 Å². The molecular formula is C15H10BrFN2OS. The third-order valence-corrected chi connectivity index (χ3v) is 4.72. The Bertz CT molecular complexity index is 797. The Hall–Kier alpha value is -1.79. The summed E-state index contributed by atoms with van der Waals surface area (Å²) >= 11 is 4.98. The van der Waals surface area contributed by atoms with E-state index in [-0.39, 0.29) is 5.82 Å². The number of nitrogens with zero attached hydrogens (tertiary/aromatic N) is 2. The first-order valence-electron chi connectivity index (χ1n) is 6.16. The van der Waals surface area contributed by atoms with Crippen molar-refractivity contribution >= 4 is 33.6 Å². The van der Waals surface area contributed by atoms with E-state index < -0.39 is 0 Å². The van der Waals surface area contributed by atoms with Crippen LogP contribution in [0.25, 0.3) is 11.3 Å². The molecule has 3 nitrogen and oxygen atoms in total. The monoisotopic (exact) mass is 364 g/mol. The van der Waals surface area contributed by atoms with Crippen LogP contribution < -0.4 is 0 Å². The smallest absolute Gasteiger partial charge is 0.153 e. The lowest BCUT2D eigenvalue weighted by Gasteiger charge is -2.01. The Balaban J connectivity index is 1.96. The summed E-state index contributed by atoms with van der Waals surface area (Å²) in [6.45, 7) is 0.417. The number of rotatable bonds is 4. The van der Waals surface area contributed by atoms with Crippen molar-refractivity contribution in [3.05, 3.63) is 62.6 Å². The zero-order chi connectivity index (χ0) is 14.8. The predicted octanol–water partition coefficient (Wildman–Crippen LogP) is 4.37. The molecule has 3 aromatic rings. The van der Waals surface area contributed by atoms with Gasteiger partial charge in [0.25, 0.3) is 0 Å². The largest absolute Gasteiger partial charge is 0.298 e. The summed E-state index contributed by atoms with van der Waals surface area (Å²) in [6.07, 6.45) is 2.46. The zero-order valence-electron chi connectivity index (χ0n) is 10.8. The fraction of sp³-hybridized carbons (Fsp3) is 0.0667. The van der Waals surface area contributed by atoms with Gasteiger partial charge in [-0.25, -0.2) is 4.39 Å². The molecule has 2 aromatic heterocycles. The van der Waals surface area contributed by atoms with E-state index in [1.165, 1.54) is 23.5 Å². The minimum absolute atomic E-state index is 0.281. The molecule has 0 aliphatic carbocycles. The van der Waals surface area contributed by atoms with Crippen molar-refractivity contribution in [1.82, 2.24) is 9.78 Å². The molecular weight excluding hydrogens is 355 g/mol. The van der Waals surface area contributed by atoms with Crippen molar-refractivity contribution in [2.75, 3.05) is 0 Å². The second-order valence-electron chi connectivity index (χ2n) is 4.51. The lowest BCUT2D eigenvalue weighted by molar-refractivity contribution is 0.112. The molecule has 0 atom stereocenters. The van der Waals surface area contributed by atoms with Gasteiger partial charge in [0.2, 0.25) is 0 Å². The van der Waals surface area contributed by atoms with E-state index >= 15 is 0 Å². The van der Waals surface area contributed by atoms with Crippen molar-refractivity contribution < 1.29 is 9.18 Å². The van der Waals surface area contributed by atoms with Crippen LogP contribution in [0.3, 0.4) is 0 Å². The first-order chi connectivity index (χ1) is 10.2. The summed E-state index contributed by atoms with van der Waals surface area (Å²) in [6, 6.07) is 6.34. The Morgan fingerprint density at radius 1 is 1.38 bits per heavy atom. The van der Waals surface area contributed by atoms with E-state index in [1.807, 2.05) is 16.8 Å². The van der Waals surface area contributed by atoms with Gasteiger partial charge in [0, 0.05) is 27.0 Å². The Kier molecular flexibility index (Phi) is 3.98. The molecule has 0 saturated heterocycles. The quantitative estimate of drug-likeness (QED) is 0.644. The van der Waals surface area contributed by atoms with E-state index in [9.17, 15) is 9.18 Å². The molecule has 6 heteroatoms. The molecule has 0 bridgehead atoms. The Labute approximate surface area is 133 Å². The molecule has 0 aliphatic heterocycles. The third-order valence-electron chi connectivity index (χ3n) is 3.02. The standard InChI is InChI=1S/C15H10BrFN2OS/c16-14-9-21-8-13(14)15-11(7-20)6-19(18-15)5-10-2-1-3-12(17)4-10/h1-4,6-9H,5H2. The van der Waals surface area contributed by atoms with Gasteiger partial charge in [-0.15, -0.1) is 0 Å². The summed E-state index contributed by atoms with van der Waals surface area (Å²) in [7, 11) is 0. The molecule has 106 valence electrons. The van der Waals surface area contributed by atoms with Gasteiger partial charge in [-0.1, -0.05) is 12.1 Å². The fourth-order valence-electron chi connectivity index (χ4n) is 2.09. The van der Waals surface area contributed by atoms with Crippen molar-refractivity contribution in [1.29, 1.82) is 0 Å². The van der Waals surface area contributed by atoms with E-state index in [4.69, 9.17) is 0 Å². The molecule has 0 aliphatic rings. The van der Waals surface area contributed by atoms with Crippen LogP contribution >= 0.6 is 27.3 Å². The fourth-order valence-corrected chi connectivity index (χ4v) is 3.55. The first-order valence-corrected chi connectivity index (χ1v) is 7.90. The SMILES string of the molecule is O=Cc1cn(Cc2cccc(F)c2)nc1-c1cscc1Br. The second kappa shape index (κ2) is 5.91. The third kappa shape index (κ3) is 2.96. The molecule has 0 fully saturated rings. The molecule has 21 heavy (non-hydrogen) atoms. The second-order valence-corrected chi connectivity index (χ2v) is 6.11. The maximum absolute atomic E-state index is 13.2. The summed E-state index contributed by atoms with van der Waals surface area (Å²) in [4.78, 5) is 11.2. The van der Waals surface area contributed by atoms with Gasteiger partial charge >= 0.3 is 0 Å². The average molecular weight is 365 g/mol. The Morgan fingerprint density at radius 2 is 2.24 bits per heavy atom. The van der Waals surface area contributed by atoms with E-state index in [0.29, 0.717) is 17.8 Å². The highest BCUT2D eigenvalue weighted by Crippen LogP contribution is 2.32. The van der Waals surface area contributed by atoms with Crippen LogP contribution in [0.15, 0.2) is 45.7 Å². The zero-order valence-corrected chi connectivity index (χ0v) is 13.2. The van der Waals surface area contributed by atoms with Gasteiger partial charge < -0.3 is 0 Å². The normalized spacial score (nSPS) is 10.8. The van der Waals surface area contributed by atoms with Crippen LogP contribution in [-0.4, -0.2) is 16.1 Å². The molecule has 0 N–H and O–H groups in total. The van der Waals surface area contributed by atoms with Crippen LogP contribution in [0.4, 0.5) is 4.39 Å². The number of aromatic nitrogens is 2. The molecule has 1 aromatic carbocycles. The average Bonchev–Trinajstić information content (AvgIpc) is 3.04. The van der Waals surface area contributed by atoms with Crippen LogP contribution in [-0.2, 0) is 6.54 Å².